The lowest BCUT2D eigenvalue weighted by Crippen LogP contribution is -2.08. The predicted octanol–water partition coefficient (Wildman–Crippen LogP) is 3.72. The van der Waals surface area contributed by atoms with Gasteiger partial charge in [-0.25, -0.2) is 4.98 Å². The third kappa shape index (κ3) is 3.63. The van der Waals surface area contributed by atoms with E-state index in [-0.39, 0.29) is 0 Å². The maximum Gasteiger partial charge on any atom is 0.0933 e. The summed E-state index contributed by atoms with van der Waals surface area (Å²) in [6, 6.07) is 8.27. The second-order valence-corrected chi connectivity index (χ2v) is 5.70. The highest BCUT2D eigenvalue weighted by atomic mass is 79.9. The van der Waals surface area contributed by atoms with Crippen LogP contribution in [0.5, 0.6) is 0 Å². The summed E-state index contributed by atoms with van der Waals surface area (Å²) in [5.74, 6) is 0. The van der Waals surface area contributed by atoms with Crippen molar-refractivity contribution < 1.29 is 0 Å². The van der Waals surface area contributed by atoms with Crippen molar-refractivity contribution in [2.45, 2.75) is 12.8 Å². The number of hydrogen-bond acceptors (Lipinski definition) is 3. The van der Waals surface area contributed by atoms with Crippen molar-refractivity contribution in [2.24, 2.45) is 0 Å². The molecule has 0 fully saturated rings. The van der Waals surface area contributed by atoms with Crippen molar-refractivity contribution in [3.05, 3.63) is 39.1 Å². The van der Waals surface area contributed by atoms with Gasteiger partial charge < -0.3 is 5.32 Å². The first kappa shape index (κ1) is 12.7. The predicted molar refractivity (Wildman–Crippen MR) is 77.5 cm³/mol. The van der Waals surface area contributed by atoms with E-state index in [2.05, 4.69) is 43.7 Å². The standard InChI is InChI=1S/C13H15BrN2S/c1-15-7-3-6-13-16-12(9-17-13)10-4-2-5-11(14)8-10/h2,4-5,8-9,15H,3,6-7H2,1H3. The fraction of sp³-hybridized carbons (Fsp3) is 0.308. The van der Waals surface area contributed by atoms with Crippen LogP contribution in [0.4, 0.5) is 0 Å². The van der Waals surface area contributed by atoms with Crippen molar-refractivity contribution in [3.63, 3.8) is 0 Å². The van der Waals surface area contributed by atoms with Crippen LogP contribution in [-0.4, -0.2) is 18.6 Å². The van der Waals surface area contributed by atoms with Gasteiger partial charge in [0.05, 0.1) is 10.7 Å². The Morgan fingerprint density at radius 3 is 3.06 bits per heavy atom. The second kappa shape index (κ2) is 6.28. The number of thiazole rings is 1. The van der Waals surface area contributed by atoms with Crippen LogP contribution in [0.15, 0.2) is 34.1 Å². The zero-order chi connectivity index (χ0) is 12.1. The summed E-state index contributed by atoms with van der Waals surface area (Å²) in [6.45, 7) is 1.05. The van der Waals surface area contributed by atoms with Crippen LogP contribution in [0, 0.1) is 0 Å². The topological polar surface area (TPSA) is 24.9 Å². The van der Waals surface area contributed by atoms with E-state index in [1.54, 1.807) is 11.3 Å². The molecule has 0 spiro atoms. The molecule has 0 unspecified atom stereocenters. The SMILES string of the molecule is CNCCCc1nc(-c2cccc(Br)c2)cs1. The third-order valence-electron chi connectivity index (χ3n) is 2.49. The molecule has 1 aromatic heterocycles. The van der Waals surface area contributed by atoms with Gasteiger partial charge in [0.2, 0.25) is 0 Å². The van der Waals surface area contributed by atoms with E-state index < -0.39 is 0 Å². The normalized spacial score (nSPS) is 10.7. The molecule has 0 aliphatic carbocycles. The zero-order valence-corrected chi connectivity index (χ0v) is 12.1. The minimum Gasteiger partial charge on any atom is -0.320 e. The van der Waals surface area contributed by atoms with Gasteiger partial charge in [-0.3, -0.25) is 0 Å². The molecular weight excluding hydrogens is 296 g/mol. The summed E-state index contributed by atoms with van der Waals surface area (Å²) < 4.78 is 1.10. The molecular formula is C13H15BrN2S. The average molecular weight is 311 g/mol. The quantitative estimate of drug-likeness (QED) is 0.851. The lowest BCUT2D eigenvalue weighted by atomic mass is 10.2. The Balaban J connectivity index is 2.07. The van der Waals surface area contributed by atoms with E-state index in [0.29, 0.717) is 0 Å². The number of aromatic nitrogens is 1. The van der Waals surface area contributed by atoms with Crippen LogP contribution < -0.4 is 5.32 Å². The van der Waals surface area contributed by atoms with Gasteiger partial charge >= 0.3 is 0 Å². The van der Waals surface area contributed by atoms with Crippen molar-refractivity contribution in [3.8, 4) is 11.3 Å². The Hall–Kier alpha value is -0.710. The van der Waals surface area contributed by atoms with Crippen LogP contribution in [0.3, 0.4) is 0 Å². The first-order valence-corrected chi connectivity index (χ1v) is 7.32. The lowest BCUT2D eigenvalue weighted by Gasteiger charge is -1.98. The molecule has 17 heavy (non-hydrogen) atoms. The van der Waals surface area contributed by atoms with E-state index >= 15 is 0 Å². The van der Waals surface area contributed by atoms with Gasteiger partial charge in [-0.1, -0.05) is 28.1 Å². The highest BCUT2D eigenvalue weighted by Crippen LogP contribution is 2.25. The molecule has 90 valence electrons. The van der Waals surface area contributed by atoms with Crippen LogP contribution in [-0.2, 0) is 6.42 Å². The largest absolute Gasteiger partial charge is 0.320 e. The summed E-state index contributed by atoms with van der Waals surface area (Å²) >= 11 is 5.23. The highest BCUT2D eigenvalue weighted by molar-refractivity contribution is 9.10. The first-order valence-electron chi connectivity index (χ1n) is 5.64. The van der Waals surface area contributed by atoms with Crippen LogP contribution in [0.1, 0.15) is 11.4 Å². The third-order valence-corrected chi connectivity index (χ3v) is 3.89. The Kier molecular flexibility index (Phi) is 4.71. The molecule has 0 aliphatic heterocycles. The number of rotatable bonds is 5. The molecule has 0 saturated carbocycles. The average Bonchev–Trinajstić information content (AvgIpc) is 2.78. The molecule has 1 heterocycles. The van der Waals surface area contributed by atoms with Crippen molar-refractivity contribution in [1.82, 2.24) is 10.3 Å². The Morgan fingerprint density at radius 1 is 1.41 bits per heavy atom. The van der Waals surface area contributed by atoms with E-state index in [1.165, 1.54) is 10.6 Å². The Morgan fingerprint density at radius 2 is 2.29 bits per heavy atom. The molecule has 0 aliphatic rings. The number of halogens is 1. The molecule has 2 nitrogen and oxygen atoms in total. The molecule has 0 bridgehead atoms. The van der Waals surface area contributed by atoms with Crippen LogP contribution in [0.25, 0.3) is 11.3 Å². The van der Waals surface area contributed by atoms with Crippen molar-refractivity contribution in [2.75, 3.05) is 13.6 Å². The molecule has 0 amide bonds. The fourth-order valence-electron chi connectivity index (χ4n) is 1.62. The molecule has 0 radical (unpaired) electrons. The highest BCUT2D eigenvalue weighted by Gasteiger charge is 2.04. The number of benzene rings is 1. The van der Waals surface area contributed by atoms with E-state index in [1.807, 2.05) is 19.2 Å². The summed E-state index contributed by atoms with van der Waals surface area (Å²) in [5, 5.41) is 6.51. The van der Waals surface area contributed by atoms with E-state index in [0.717, 1.165) is 29.6 Å². The Bertz CT molecular complexity index is 482. The van der Waals surface area contributed by atoms with Gasteiger partial charge in [0.25, 0.3) is 0 Å². The molecule has 2 aromatic rings. The monoisotopic (exact) mass is 310 g/mol. The second-order valence-electron chi connectivity index (χ2n) is 3.84. The van der Waals surface area contributed by atoms with Gasteiger partial charge in [-0.05, 0) is 32.1 Å². The molecule has 4 heteroatoms. The summed E-state index contributed by atoms with van der Waals surface area (Å²) in [7, 11) is 1.98. The van der Waals surface area contributed by atoms with Gasteiger partial charge in [-0.15, -0.1) is 11.3 Å². The number of nitrogens with one attached hydrogen (secondary N) is 1. The fourth-order valence-corrected chi connectivity index (χ4v) is 2.87. The van der Waals surface area contributed by atoms with Crippen molar-refractivity contribution >= 4 is 27.3 Å². The van der Waals surface area contributed by atoms with Crippen LogP contribution in [0.2, 0.25) is 0 Å². The maximum absolute atomic E-state index is 4.66. The van der Waals surface area contributed by atoms with Gasteiger partial charge in [0, 0.05) is 21.8 Å². The van der Waals surface area contributed by atoms with Crippen molar-refractivity contribution in [1.29, 1.82) is 0 Å². The van der Waals surface area contributed by atoms with E-state index in [4.69, 9.17) is 0 Å². The zero-order valence-electron chi connectivity index (χ0n) is 9.74. The first-order chi connectivity index (χ1) is 8.29. The number of aryl methyl sites for hydroxylation is 1. The van der Waals surface area contributed by atoms with Gasteiger partial charge in [-0.2, -0.15) is 0 Å². The minimum atomic E-state index is 1.05. The van der Waals surface area contributed by atoms with Gasteiger partial charge in [0.1, 0.15) is 0 Å². The summed E-state index contributed by atoms with van der Waals surface area (Å²) in [6.07, 6.45) is 2.20. The summed E-state index contributed by atoms with van der Waals surface area (Å²) in [4.78, 5) is 4.66. The van der Waals surface area contributed by atoms with Crippen LogP contribution >= 0.6 is 27.3 Å². The van der Waals surface area contributed by atoms with E-state index in [9.17, 15) is 0 Å². The maximum atomic E-state index is 4.66. The number of nitrogens with zero attached hydrogens (tertiary/aromatic N) is 1. The van der Waals surface area contributed by atoms with Gasteiger partial charge in [0.15, 0.2) is 0 Å². The molecule has 1 aromatic carbocycles. The molecule has 0 saturated heterocycles. The molecule has 0 atom stereocenters. The molecule has 2 rings (SSSR count). The Labute approximate surface area is 114 Å². The number of hydrogen-bond donors (Lipinski definition) is 1. The summed E-state index contributed by atoms with van der Waals surface area (Å²) in [5.41, 5.74) is 2.26. The lowest BCUT2D eigenvalue weighted by molar-refractivity contribution is 0.722. The minimum absolute atomic E-state index is 1.05. The smallest absolute Gasteiger partial charge is 0.0933 e. The molecule has 1 N–H and O–H groups in total.